The zero-order valence-electron chi connectivity index (χ0n) is 13.8. The van der Waals surface area contributed by atoms with E-state index >= 15 is 0 Å². The average molecular weight is 318 g/mol. The van der Waals surface area contributed by atoms with Crippen LogP contribution in [-0.2, 0) is 17.7 Å². The molecule has 0 radical (unpaired) electrons. The molecular weight excluding hydrogens is 295 g/mol. The maximum Gasteiger partial charge on any atom is 0.337 e. The van der Waals surface area contributed by atoms with E-state index < -0.39 is 5.97 Å². The van der Waals surface area contributed by atoms with Crippen LogP contribution in [0.2, 0.25) is 0 Å². The Morgan fingerprint density at radius 2 is 2.22 bits per heavy atom. The van der Waals surface area contributed by atoms with Crippen LogP contribution in [-0.4, -0.2) is 55.6 Å². The van der Waals surface area contributed by atoms with Gasteiger partial charge in [0, 0.05) is 37.8 Å². The first-order chi connectivity index (χ1) is 11.0. The number of ether oxygens (including phenoxy) is 1. The molecule has 3 aliphatic heterocycles. The fourth-order valence-electron chi connectivity index (χ4n) is 4.74. The van der Waals surface area contributed by atoms with Gasteiger partial charge in [0.05, 0.1) is 12.7 Å². The Morgan fingerprint density at radius 3 is 2.87 bits per heavy atom. The Labute approximate surface area is 136 Å². The van der Waals surface area contributed by atoms with Crippen LogP contribution in [0.3, 0.4) is 0 Å². The molecule has 23 heavy (non-hydrogen) atoms. The first-order valence-electron chi connectivity index (χ1n) is 8.32. The van der Waals surface area contributed by atoms with Gasteiger partial charge in [-0.05, 0) is 49.4 Å². The van der Waals surface area contributed by atoms with E-state index in [4.69, 9.17) is 4.74 Å². The van der Waals surface area contributed by atoms with Crippen molar-refractivity contribution in [1.29, 1.82) is 0 Å². The number of benzene rings is 1. The molecule has 1 aliphatic carbocycles. The van der Waals surface area contributed by atoms with Crippen LogP contribution in [0.1, 0.15) is 34.3 Å². The predicted octanol–water partition coefficient (Wildman–Crippen LogP) is 2.06. The molecule has 1 saturated carbocycles. The molecule has 0 aromatic heterocycles. The van der Waals surface area contributed by atoms with E-state index in [1.165, 1.54) is 32.6 Å². The smallest absolute Gasteiger partial charge is 0.337 e. The van der Waals surface area contributed by atoms with Gasteiger partial charge in [-0.1, -0.05) is 0 Å². The summed E-state index contributed by atoms with van der Waals surface area (Å²) in [5.41, 5.74) is 2.45. The molecule has 3 fully saturated rings. The molecular formula is C18H23FN2O2. The van der Waals surface area contributed by atoms with Crippen LogP contribution in [0.4, 0.5) is 4.39 Å². The summed E-state index contributed by atoms with van der Waals surface area (Å²) in [6.07, 6.45) is 3.37. The second kappa shape index (κ2) is 5.28. The third-order valence-electron chi connectivity index (χ3n) is 5.89. The number of carbonyl (C=O) groups is 1. The highest BCUT2D eigenvalue weighted by molar-refractivity contribution is 5.89. The monoisotopic (exact) mass is 318 g/mol. The predicted molar refractivity (Wildman–Crippen MR) is 84.8 cm³/mol. The quantitative estimate of drug-likeness (QED) is 0.799. The standard InChI is InChI=1S/C18H23FN2O2/c1-20-10-18(7-14(20)8-18)11-21-4-3-12-5-13(17(22)23-2)6-16(19)15(12)9-21/h5-6,14H,3-4,7-11H2,1-2H3. The van der Waals surface area contributed by atoms with Crippen LogP contribution in [0, 0.1) is 11.2 Å². The summed E-state index contributed by atoms with van der Waals surface area (Å²) in [4.78, 5) is 16.5. The minimum absolute atomic E-state index is 0.278. The number of nitrogens with zero attached hydrogens (tertiary/aromatic N) is 2. The van der Waals surface area contributed by atoms with E-state index in [-0.39, 0.29) is 5.82 Å². The zero-order valence-corrected chi connectivity index (χ0v) is 13.8. The Kier molecular flexibility index (Phi) is 3.46. The van der Waals surface area contributed by atoms with Crippen molar-refractivity contribution in [3.63, 3.8) is 0 Å². The van der Waals surface area contributed by atoms with Gasteiger partial charge in [-0.15, -0.1) is 0 Å². The first kappa shape index (κ1) is 15.1. The molecule has 124 valence electrons. The van der Waals surface area contributed by atoms with Crippen molar-refractivity contribution in [2.75, 3.05) is 33.8 Å². The van der Waals surface area contributed by atoms with Crippen LogP contribution in [0.25, 0.3) is 0 Å². The lowest BCUT2D eigenvalue weighted by Crippen LogP contribution is -2.45. The van der Waals surface area contributed by atoms with Crippen LogP contribution in [0.5, 0.6) is 0 Å². The number of hydrogen-bond donors (Lipinski definition) is 0. The third-order valence-corrected chi connectivity index (χ3v) is 5.89. The van der Waals surface area contributed by atoms with Gasteiger partial charge in [-0.3, -0.25) is 4.90 Å². The number of carbonyl (C=O) groups excluding carboxylic acids is 1. The fourth-order valence-corrected chi connectivity index (χ4v) is 4.74. The molecule has 4 nitrogen and oxygen atoms in total. The van der Waals surface area contributed by atoms with Gasteiger partial charge in [0.25, 0.3) is 0 Å². The van der Waals surface area contributed by atoms with Gasteiger partial charge >= 0.3 is 5.97 Å². The lowest BCUT2D eigenvalue weighted by molar-refractivity contribution is 0.0599. The number of methoxy groups -OCH3 is 1. The highest BCUT2D eigenvalue weighted by Gasteiger charge is 2.54. The van der Waals surface area contributed by atoms with E-state index in [2.05, 4.69) is 16.8 Å². The van der Waals surface area contributed by atoms with Gasteiger partial charge in [-0.2, -0.15) is 0 Å². The number of rotatable bonds is 3. The Balaban J connectivity index is 1.50. The van der Waals surface area contributed by atoms with Crippen LogP contribution in [0.15, 0.2) is 12.1 Å². The molecule has 0 unspecified atom stereocenters. The van der Waals surface area contributed by atoms with Crippen LogP contribution < -0.4 is 0 Å². The van der Waals surface area contributed by atoms with E-state index in [0.29, 0.717) is 17.5 Å². The summed E-state index contributed by atoms with van der Waals surface area (Å²) >= 11 is 0. The second-order valence-corrected chi connectivity index (χ2v) is 7.53. The minimum Gasteiger partial charge on any atom is -0.465 e. The number of hydrogen-bond acceptors (Lipinski definition) is 4. The van der Waals surface area contributed by atoms with Crippen molar-refractivity contribution < 1.29 is 13.9 Å². The maximum atomic E-state index is 14.4. The van der Waals surface area contributed by atoms with Crippen LogP contribution >= 0.6 is 0 Å². The summed E-state index contributed by atoms with van der Waals surface area (Å²) in [7, 11) is 3.53. The lowest BCUT2D eigenvalue weighted by Gasteiger charge is -2.42. The molecule has 3 heterocycles. The normalized spacial score (nSPS) is 30.0. The number of fused-ring (bicyclic) bond motifs is 2. The highest BCUT2D eigenvalue weighted by atomic mass is 19.1. The Morgan fingerprint density at radius 1 is 1.43 bits per heavy atom. The van der Waals surface area contributed by atoms with Crippen molar-refractivity contribution in [3.8, 4) is 0 Å². The van der Waals surface area contributed by atoms with Crippen molar-refractivity contribution in [3.05, 3.63) is 34.6 Å². The van der Waals surface area contributed by atoms with Gasteiger partial charge in [0.2, 0.25) is 0 Å². The second-order valence-electron chi connectivity index (χ2n) is 7.53. The molecule has 2 saturated heterocycles. The Bertz CT molecular complexity index is 655. The molecule has 1 aromatic rings. The SMILES string of the molecule is COC(=O)c1cc(F)c2c(c1)CCN(CC13CC(C1)N(C)C3)C2. The van der Waals surface area contributed by atoms with E-state index in [9.17, 15) is 9.18 Å². The fraction of sp³-hybridized carbons (Fsp3) is 0.611. The van der Waals surface area contributed by atoms with Gasteiger partial charge in [0.15, 0.2) is 0 Å². The molecule has 0 spiro atoms. The molecule has 0 atom stereocenters. The number of esters is 1. The molecule has 1 aromatic carbocycles. The van der Waals surface area contributed by atoms with Crippen molar-refractivity contribution in [1.82, 2.24) is 9.80 Å². The summed E-state index contributed by atoms with van der Waals surface area (Å²) in [5, 5.41) is 0. The largest absolute Gasteiger partial charge is 0.465 e. The zero-order chi connectivity index (χ0) is 16.2. The van der Waals surface area contributed by atoms with Gasteiger partial charge < -0.3 is 9.64 Å². The molecule has 5 heteroatoms. The highest BCUT2D eigenvalue weighted by Crippen LogP contribution is 2.51. The Hall–Kier alpha value is -1.46. The molecule has 0 amide bonds. The summed E-state index contributed by atoms with van der Waals surface area (Å²) in [5.74, 6) is -0.748. The van der Waals surface area contributed by atoms with E-state index in [0.717, 1.165) is 36.7 Å². The summed E-state index contributed by atoms with van der Waals surface area (Å²) in [6, 6.07) is 3.88. The number of halogens is 1. The van der Waals surface area contributed by atoms with Crippen molar-refractivity contribution in [2.45, 2.75) is 31.8 Å². The summed E-state index contributed by atoms with van der Waals surface area (Å²) in [6.45, 7) is 3.82. The molecule has 5 rings (SSSR count). The average Bonchev–Trinajstić information content (AvgIpc) is 2.98. The summed E-state index contributed by atoms with van der Waals surface area (Å²) < 4.78 is 19.1. The van der Waals surface area contributed by atoms with Crippen molar-refractivity contribution in [2.24, 2.45) is 5.41 Å². The van der Waals surface area contributed by atoms with Crippen molar-refractivity contribution >= 4 is 5.97 Å². The molecule has 0 N–H and O–H groups in total. The molecule has 4 aliphatic rings. The minimum atomic E-state index is -0.470. The van der Waals surface area contributed by atoms with E-state index in [1.54, 1.807) is 6.07 Å². The van der Waals surface area contributed by atoms with Gasteiger partial charge in [-0.25, -0.2) is 9.18 Å². The van der Waals surface area contributed by atoms with Gasteiger partial charge in [0.1, 0.15) is 5.82 Å². The first-order valence-corrected chi connectivity index (χ1v) is 8.32. The third kappa shape index (κ3) is 2.46. The molecule has 2 bridgehead atoms. The lowest BCUT2D eigenvalue weighted by atomic mass is 9.69. The maximum absolute atomic E-state index is 14.4. The van der Waals surface area contributed by atoms with E-state index in [1.807, 2.05) is 0 Å². The topological polar surface area (TPSA) is 32.8 Å².